The van der Waals surface area contributed by atoms with Crippen molar-refractivity contribution in [2.75, 3.05) is 19.6 Å². The summed E-state index contributed by atoms with van der Waals surface area (Å²) in [5.41, 5.74) is 0.375. The molecule has 1 saturated heterocycles. The molecule has 1 aliphatic carbocycles. The van der Waals surface area contributed by atoms with E-state index in [1.54, 1.807) is 0 Å². The van der Waals surface area contributed by atoms with E-state index in [0.717, 1.165) is 26.1 Å². The van der Waals surface area contributed by atoms with E-state index < -0.39 is 0 Å². The summed E-state index contributed by atoms with van der Waals surface area (Å²) in [7, 11) is 0. The Hall–Kier alpha value is -0.570. The molecule has 2 unspecified atom stereocenters. The molecule has 3 heteroatoms. The maximum Gasteiger partial charge on any atom is 0.223 e. The van der Waals surface area contributed by atoms with E-state index in [-0.39, 0.29) is 0 Å². The van der Waals surface area contributed by atoms with E-state index in [1.165, 1.54) is 38.5 Å². The van der Waals surface area contributed by atoms with Gasteiger partial charge >= 0.3 is 0 Å². The highest BCUT2D eigenvalue weighted by Crippen LogP contribution is 2.58. The van der Waals surface area contributed by atoms with E-state index in [1.807, 2.05) is 0 Å². The van der Waals surface area contributed by atoms with Gasteiger partial charge in [0.2, 0.25) is 5.91 Å². The first kappa shape index (κ1) is 14.8. The second-order valence-electron chi connectivity index (χ2n) is 6.53. The summed E-state index contributed by atoms with van der Waals surface area (Å²) in [4.78, 5) is 12.2. The largest absolute Gasteiger partial charge is 0.356 e. The SMILES string of the molecule is CCCCC(CC)CNC(=O)C1CC12CCNCC2. The molecule has 0 aromatic carbocycles. The van der Waals surface area contributed by atoms with E-state index >= 15 is 0 Å². The summed E-state index contributed by atoms with van der Waals surface area (Å²) in [6.07, 6.45) is 8.49. The van der Waals surface area contributed by atoms with E-state index in [2.05, 4.69) is 24.5 Å². The maximum absolute atomic E-state index is 12.2. The molecule has 1 heterocycles. The van der Waals surface area contributed by atoms with Gasteiger partial charge in [0.1, 0.15) is 0 Å². The molecule has 1 amide bonds. The standard InChI is InChI=1S/C16H30N2O/c1-3-5-6-13(4-2)12-18-15(19)14-11-16(14)7-9-17-10-8-16/h13-14,17H,3-12H2,1-2H3,(H,18,19). The minimum Gasteiger partial charge on any atom is -0.356 e. The van der Waals surface area contributed by atoms with Gasteiger partial charge in [0.25, 0.3) is 0 Å². The van der Waals surface area contributed by atoms with Crippen molar-refractivity contribution in [3.05, 3.63) is 0 Å². The summed E-state index contributed by atoms with van der Waals surface area (Å²) in [6.45, 7) is 7.55. The first-order valence-electron chi connectivity index (χ1n) is 8.20. The number of carbonyl (C=O) groups excluding carboxylic acids is 1. The second kappa shape index (κ2) is 6.74. The number of piperidine rings is 1. The summed E-state index contributed by atoms with van der Waals surface area (Å²) in [6, 6.07) is 0. The molecule has 3 nitrogen and oxygen atoms in total. The normalized spacial score (nSPS) is 26.1. The Morgan fingerprint density at radius 2 is 2.11 bits per heavy atom. The summed E-state index contributed by atoms with van der Waals surface area (Å²) in [5, 5.41) is 6.61. The fraction of sp³-hybridized carbons (Fsp3) is 0.938. The molecule has 2 N–H and O–H groups in total. The number of carbonyl (C=O) groups is 1. The van der Waals surface area contributed by atoms with Crippen LogP contribution in [0.4, 0.5) is 0 Å². The van der Waals surface area contributed by atoms with Crippen molar-refractivity contribution in [1.29, 1.82) is 0 Å². The van der Waals surface area contributed by atoms with Gasteiger partial charge in [-0.2, -0.15) is 0 Å². The summed E-state index contributed by atoms with van der Waals surface area (Å²) < 4.78 is 0. The number of nitrogens with one attached hydrogen (secondary N) is 2. The van der Waals surface area contributed by atoms with Crippen LogP contribution in [0.5, 0.6) is 0 Å². The molecule has 0 aromatic rings. The Labute approximate surface area is 117 Å². The zero-order valence-corrected chi connectivity index (χ0v) is 12.6. The predicted molar refractivity (Wildman–Crippen MR) is 79.0 cm³/mol. The fourth-order valence-corrected chi connectivity index (χ4v) is 3.51. The topological polar surface area (TPSA) is 41.1 Å². The highest BCUT2D eigenvalue weighted by molar-refractivity contribution is 5.82. The minimum absolute atomic E-state index is 0.318. The molecule has 1 spiro atoms. The van der Waals surface area contributed by atoms with Crippen LogP contribution in [0.3, 0.4) is 0 Å². The molecule has 19 heavy (non-hydrogen) atoms. The first-order chi connectivity index (χ1) is 9.22. The summed E-state index contributed by atoms with van der Waals surface area (Å²) >= 11 is 0. The lowest BCUT2D eigenvalue weighted by Gasteiger charge is -2.23. The molecule has 2 fully saturated rings. The molecule has 1 saturated carbocycles. The molecule has 0 aromatic heterocycles. The van der Waals surface area contributed by atoms with Crippen molar-refractivity contribution >= 4 is 5.91 Å². The van der Waals surface area contributed by atoms with Crippen molar-refractivity contribution in [3.63, 3.8) is 0 Å². The first-order valence-corrected chi connectivity index (χ1v) is 8.20. The lowest BCUT2D eigenvalue weighted by molar-refractivity contribution is -0.123. The van der Waals surface area contributed by atoms with Crippen LogP contribution in [0.25, 0.3) is 0 Å². The predicted octanol–water partition coefficient (Wildman–Crippen LogP) is 2.71. The van der Waals surface area contributed by atoms with Gasteiger partial charge in [-0.1, -0.05) is 33.1 Å². The van der Waals surface area contributed by atoms with Crippen LogP contribution in [0.2, 0.25) is 0 Å². The third-order valence-electron chi connectivity index (χ3n) is 5.21. The number of amides is 1. The highest BCUT2D eigenvalue weighted by Gasteiger charge is 2.57. The monoisotopic (exact) mass is 266 g/mol. The van der Waals surface area contributed by atoms with Gasteiger partial charge in [-0.3, -0.25) is 4.79 Å². The molecule has 0 radical (unpaired) electrons. The van der Waals surface area contributed by atoms with E-state index in [4.69, 9.17) is 0 Å². The van der Waals surface area contributed by atoms with Crippen LogP contribution >= 0.6 is 0 Å². The second-order valence-corrected chi connectivity index (χ2v) is 6.53. The number of rotatable bonds is 7. The van der Waals surface area contributed by atoms with Crippen LogP contribution < -0.4 is 10.6 Å². The van der Waals surface area contributed by atoms with Gasteiger partial charge in [0.15, 0.2) is 0 Å². The van der Waals surface area contributed by atoms with E-state index in [0.29, 0.717) is 23.2 Å². The molecule has 110 valence electrons. The quantitative estimate of drug-likeness (QED) is 0.744. The van der Waals surface area contributed by atoms with Gasteiger partial charge in [0.05, 0.1) is 0 Å². The van der Waals surface area contributed by atoms with Crippen molar-refractivity contribution in [3.8, 4) is 0 Å². The molecule has 1 aliphatic heterocycles. The van der Waals surface area contributed by atoms with Crippen LogP contribution in [0, 0.1) is 17.3 Å². The van der Waals surface area contributed by atoms with Crippen molar-refractivity contribution in [2.45, 2.75) is 58.8 Å². The fourth-order valence-electron chi connectivity index (χ4n) is 3.51. The average molecular weight is 266 g/mol. The maximum atomic E-state index is 12.2. The van der Waals surface area contributed by atoms with Crippen molar-refractivity contribution < 1.29 is 4.79 Å². The molecular formula is C16H30N2O. The number of unbranched alkanes of at least 4 members (excludes halogenated alkanes) is 1. The van der Waals surface area contributed by atoms with Gasteiger partial charge < -0.3 is 10.6 Å². The third-order valence-corrected chi connectivity index (χ3v) is 5.21. The smallest absolute Gasteiger partial charge is 0.223 e. The van der Waals surface area contributed by atoms with Crippen molar-refractivity contribution in [2.24, 2.45) is 17.3 Å². The van der Waals surface area contributed by atoms with Gasteiger partial charge in [-0.15, -0.1) is 0 Å². The molecule has 0 bridgehead atoms. The Balaban J connectivity index is 1.70. The Morgan fingerprint density at radius 3 is 2.74 bits per heavy atom. The van der Waals surface area contributed by atoms with Crippen LogP contribution in [0.1, 0.15) is 58.8 Å². The zero-order chi connectivity index (χ0) is 13.7. The number of hydrogen-bond acceptors (Lipinski definition) is 2. The summed E-state index contributed by atoms with van der Waals surface area (Å²) in [5.74, 6) is 1.32. The molecule has 2 atom stereocenters. The molecule has 2 aliphatic rings. The lowest BCUT2D eigenvalue weighted by atomic mass is 9.91. The van der Waals surface area contributed by atoms with Crippen molar-refractivity contribution in [1.82, 2.24) is 10.6 Å². The van der Waals surface area contributed by atoms with Gasteiger partial charge in [-0.25, -0.2) is 0 Å². The van der Waals surface area contributed by atoms with E-state index in [9.17, 15) is 4.79 Å². The Bertz CT molecular complexity index is 297. The van der Waals surface area contributed by atoms with Gasteiger partial charge in [-0.05, 0) is 50.1 Å². The van der Waals surface area contributed by atoms with Crippen LogP contribution in [-0.4, -0.2) is 25.5 Å². The van der Waals surface area contributed by atoms with Crippen LogP contribution in [0.15, 0.2) is 0 Å². The van der Waals surface area contributed by atoms with Gasteiger partial charge in [0, 0.05) is 12.5 Å². The highest BCUT2D eigenvalue weighted by atomic mass is 16.2. The zero-order valence-electron chi connectivity index (χ0n) is 12.6. The third kappa shape index (κ3) is 3.71. The Kier molecular flexibility index (Phi) is 5.26. The molecular weight excluding hydrogens is 236 g/mol. The lowest BCUT2D eigenvalue weighted by Crippen LogP contribution is -2.35. The minimum atomic E-state index is 0.318. The average Bonchev–Trinajstić information content (AvgIpc) is 3.13. The number of hydrogen-bond donors (Lipinski definition) is 2. The van der Waals surface area contributed by atoms with Crippen LogP contribution in [-0.2, 0) is 4.79 Å². The Morgan fingerprint density at radius 1 is 1.37 bits per heavy atom. The molecule has 2 rings (SSSR count).